The fourth-order valence-corrected chi connectivity index (χ4v) is 2.32. The molecule has 80 valence electrons. The lowest BCUT2D eigenvalue weighted by atomic mass is 10.2. The van der Waals surface area contributed by atoms with Gasteiger partial charge in [-0.1, -0.05) is 6.07 Å². The number of aryl methyl sites for hydroxylation is 2. The second-order valence-electron chi connectivity index (χ2n) is 3.84. The van der Waals surface area contributed by atoms with Crippen LogP contribution in [0.15, 0.2) is 29.2 Å². The van der Waals surface area contributed by atoms with Gasteiger partial charge < -0.3 is 4.57 Å². The summed E-state index contributed by atoms with van der Waals surface area (Å²) in [6.07, 6.45) is 1.23. The Bertz CT molecular complexity index is 623. The lowest BCUT2D eigenvalue weighted by Gasteiger charge is -2.01. The highest BCUT2D eigenvalue weighted by atomic mass is 32.2. The number of benzene rings is 1. The second kappa shape index (κ2) is 3.10. The van der Waals surface area contributed by atoms with E-state index >= 15 is 0 Å². The Labute approximate surface area is 89.3 Å². The van der Waals surface area contributed by atoms with Gasteiger partial charge in [0.25, 0.3) is 0 Å². The van der Waals surface area contributed by atoms with Crippen molar-refractivity contribution < 1.29 is 8.42 Å². The summed E-state index contributed by atoms with van der Waals surface area (Å²) in [4.78, 5) is 0.371. The number of fused-ring (bicyclic) bond motifs is 1. The molecule has 1 aromatic carbocycles. The zero-order valence-corrected chi connectivity index (χ0v) is 9.80. The standard InChI is InChI=1S/C11H13NO2S/c1-8-6-9-4-5-10(15(3,13)14)7-11(9)12(8)2/h4-7H,1-3H3. The lowest BCUT2D eigenvalue weighted by Crippen LogP contribution is -1.97. The number of hydrogen-bond acceptors (Lipinski definition) is 2. The summed E-state index contributed by atoms with van der Waals surface area (Å²) in [5, 5.41) is 1.07. The molecule has 0 N–H and O–H groups in total. The molecule has 0 aliphatic rings. The van der Waals surface area contributed by atoms with Gasteiger partial charge in [-0.05, 0) is 30.5 Å². The first-order valence-corrected chi connectivity index (χ1v) is 6.55. The van der Waals surface area contributed by atoms with E-state index in [0.29, 0.717) is 4.90 Å². The van der Waals surface area contributed by atoms with Gasteiger partial charge >= 0.3 is 0 Å². The summed E-state index contributed by atoms with van der Waals surface area (Å²) in [5.41, 5.74) is 2.08. The summed E-state index contributed by atoms with van der Waals surface area (Å²) in [5.74, 6) is 0. The maximum Gasteiger partial charge on any atom is 0.175 e. The Morgan fingerprint density at radius 3 is 2.47 bits per heavy atom. The van der Waals surface area contributed by atoms with Gasteiger partial charge in [0.15, 0.2) is 9.84 Å². The van der Waals surface area contributed by atoms with Crippen LogP contribution in [-0.4, -0.2) is 19.2 Å². The van der Waals surface area contributed by atoms with Crippen molar-refractivity contribution in [1.29, 1.82) is 0 Å². The van der Waals surface area contributed by atoms with Crippen LogP contribution in [0.3, 0.4) is 0 Å². The molecule has 0 unspecified atom stereocenters. The van der Waals surface area contributed by atoms with Gasteiger partial charge in [0.1, 0.15) is 0 Å². The summed E-state index contributed by atoms with van der Waals surface area (Å²) >= 11 is 0. The molecule has 4 heteroatoms. The molecule has 0 amide bonds. The average molecular weight is 223 g/mol. The van der Waals surface area contributed by atoms with E-state index in [1.165, 1.54) is 6.26 Å². The molecule has 0 radical (unpaired) electrons. The summed E-state index contributed by atoms with van der Waals surface area (Å²) in [7, 11) is -1.18. The number of rotatable bonds is 1. The van der Waals surface area contributed by atoms with E-state index in [1.807, 2.05) is 30.7 Å². The molecular weight excluding hydrogens is 210 g/mol. The fraction of sp³-hybridized carbons (Fsp3) is 0.273. The van der Waals surface area contributed by atoms with E-state index in [-0.39, 0.29) is 0 Å². The van der Waals surface area contributed by atoms with E-state index < -0.39 is 9.84 Å². The first-order chi connectivity index (χ1) is 6.89. The van der Waals surface area contributed by atoms with Crippen molar-refractivity contribution in [3.05, 3.63) is 30.0 Å². The molecule has 0 saturated carbocycles. The predicted octanol–water partition coefficient (Wildman–Crippen LogP) is 1.89. The molecule has 0 fully saturated rings. The molecular formula is C11H13NO2S. The second-order valence-corrected chi connectivity index (χ2v) is 5.85. The van der Waals surface area contributed by atoms with E-state index in [4.69, 9.17) is 0 Å². The Morgan fingerprint density at radius 2 is 1.87 bits per heavy atom. The third kappa shape index (κ3) is 1.65. The topological polar surface area (TPSA) is 39.1 Å². The van der Waals surface area contributed by atoms with E-state index in [1.54, 1.807) is 12.1 Å². The highest BCUT2D eigenvalue weighted by molar-refractivity contribution is 7.90. The van der Waals surface area contributed by atoms with Crippen LogP contribution in [-0.2, 0) is 16.9 Å². The van der Waals surface area contributed by atoms with Crippen LogP contribution in [0, 0.1) is 6.92 Å². The molecule has 3 nitrogen and oxygen atoms in total. The van der Waals surface area contributed by atoms with Crippen molar-refractivity contribution in [3.8, 4) is 0 Å². The molecule has 0 atom stereocenters. The van der Waals surface area contributed by atoms with Gasteiger partial charge in [-0.2, -0.15) is 0 Å². The SMILES string of the molecule is Cc1cc2ccc(S(C)(=O)=O)cc2n1C. The van der Waals surface area contributed by atoms with Crippen LogP contribution in [0.1, 0.15) is 5.69 Å². The van der Waals surface area contributed by atoms with Crippen molar-refractivity contribution in [1.82, 2.24) is 4.57 Å². The lowest BCUT2D eigenvalue weighted by molar-refractivity contribution is 0.602. The minimum Gasteiger partial charge on any atom is -0.348 e. The molecule has 2 aromatic rings. The summed E-state index contributed by atoms with van der Waals surface area (Å²) in [6, 6.07) is 7.26. The molecule has 0 aliphatic heterocycles. The highest BCUT2D eigenvalue weighted by Crippen LogP contribution is 2.21. The van der Waals surface area contributed by atoms with Crippen LogP contribution in [0.2, 0.25) is 0 Å². The largest absolute Gasteiger partial charge is 0.348 e. The predicted molar refractivity (Wildman–Crippen MR) is 60.8 cm³/mol. The van der Waals surface area contributed by atoms with Crippen LogP contribution < -0.4 is 0 Å². The van der Waals surface area contributed by atoms with E-state index in [0.717, 1.165) is 16.6 Å². The maximum absolute atomic E-state index is 11.4. The average Bonchev–Trinajstić information content (AvgIpc) is 2.41. The van der Waals surface area contributed by atoms with Crippen LogP contribution in [0.5, 0.6) is 0 Å². The molecule has 15 heavy (non-hydrogen) atoms. The molecule has 0 bridgehead atoms. The van der Waals surface area contributed by atoms with Gasteiger partial charge in [0.2, 0.25) is 0 Å². The zero-order valence-electron chi connectivity index (χ0n) is 8.98. The van der Waals surface area contributed by atoms with Crippen LogP contribution >= 0.6 is 0 Å². The molecule has 1 heterocycles. The fourth-order valence-electron chi connectivity index (χ4n) is 1.68. The van der Waals surface area contributed by atoms with Gasteiger partial charge in [-0.15, -0.1) is 0 Å². The van der Waals surface area contributed by atoms with Crippen molar-refractivity contribution >= 4 is 20.7 Å². The zero-order chi connectivity index (χ0) is 11.2. The molecule has 0 spiro atoms. The van der Waals surface area contributed by atoms with Gasteiger partial charge in [0, 0.05) is 24.5 Å². The Balaban J connectivity index is 2.81. The number of hydrogen-bond donors (Lipinski definition) is 0. The number of nitrogens with zero attached hydrogens (tertiary/aromatic N) is 1. The summed E-state index contributed by atoms with van der Waals surface area (Å²) in [6.45, 7) is 2.00. The van der Waals surface area contributed by atoms with Crippen molar-refractivity contribution in [2.75, 3.05) is 6.26 Å². The van der Waals surface area contributed by atoms with E-state index in [2.05, 4.69) is 0 Å². The van der Waals surface area contributed by atoms with Crippen molar-refractivity contribution in [2.45, 2.75) is 11.8 Å². The monoisotopic (exact) mass is 223 g/mol. The van der Waals surface area contributed by atoms with Gasteiger partial charge in [0.05, 0.1) is 4.90 Å². The maximum atomic E-state index is 11.4. The van der Waals surface area contributed by atoms with Crippen molar-refractivity contribution in [2.24, 2.45) is 7.05 Å². The molecule has 2 rings (SSSR count). The van der Waals surface area contributed by atoms with Crippen LogP contribution in [0.4, 0.5) is 0 Å². The first-order valence-electron chi connectivity index (χ1n) is 4.66. The quantitative estimate of drug-likeness (QED) is 0.740. The third-order valence-electron chi connectivity index (χ3n) is 2.68. The first kappa shape index (κ1) is 10.2. The van der Waals surface area contributed by atoms with Crippen molar-refractivity contribution in [3.63, 3.8) is 0 Å². The molecule has 0 aliphatic carbocycles. The normalized spacial score (nSPS) is 12.2. The Morgan fingerprint density at radius 1 is 1.20 bits per heavy atom. The smallest absolute Gasteiger partial charge is 0.175 e. The molecule has 0 saturated heterocycles. The van der Waals surface area contributed by atoms with Gasteiger partial charge in [-0.3, -0.25) is 0 Å². The third-order valence-corrected chi connectivity index (χ3v) is 3.80. The molecule has 1 aromatic heterocycles. The van der Waals surface area contributed by atoms with Gasteiger partial charge in [-0.25, -0.2) is 8.42 Å². The Hall–Kier alpha value is -1.29. The summed E-state index contributed by atoms with van der Waals surface area (Å²) < 4.78 is 24.8. The Kier molecular flexibility index (Phi) is 2.12. The number of sulfone groups is 1. The highest BCUT2D eigenvalue weighted by Gasteiger charge is 2.09. The van der Waals surface area contributed by atoms with E-state index in [9.17, 15) is 8.42 Å². The number of aromatic nitrogens is 1. The minimum absolute atomic E-state index is 0.371. The van der Waals surface area contributed by atoms with Crippen LogP contribution in [0.25, 0.3) is 10.9 Å². The minimum atomic E-state index is -3.12.